The van der Waals surface area contributed by atoms with Crippen LogP contribution in [-0.4, -0.2) is 36.3 Å². The van der Waals surface area contributed by atoms with Crippen LogP contribution in [0.3, 0.4) is 0 Å². The number of halogens is 1. The lowest BCUT2D eigenvalue weighted by molar-refractivity contribution is -0.131. The number of carbonyl (C=O) groups excluding carboxylic acids is 1. The number of hydrogen-bond donors (Lipinski definition) is 1. The maximum absolute atomic E-state index is 12.4. The van der Waals surface area contributed by atoms with E-state index in [-0.39, 0.29) is 11.8 Å². The molecule has 0 aromatic carbocycles. The zero-order valence-corrected chi connectivity index (χ0v) is 13.9. The van der Waals surface area contributed by atoms with Crippen molar-refractivity contribution in [2.75, 3.05) is 19.8 Å². The standard InChI is InChI=1S/C16H23ClN2O3/c1-3-16(2,11-22-15-13(17)7-4-8-18-15)19-14(20)12-6-5-9-21-10-12/h4,7-8,12H,3,5-6,9-11H2,1-2H3,(H,19,20). The normalized spacial score (nSPS) is 21.0. The summed E-state index contributed by atoms with van der Waals surface area (Å²) in [5.41, 5.74) is -0.463. The Balaban J connectivity index is 1.93. The number of hydrogen-bond acceptors (Lipinski definition) is 4. The molecule has 0 aliphatic carbocycles. The Morgan fingerprint density at radius 3 is 3.09 bits per heavy atom. The van der Waals surface area contributed by atoms with E-state index in [0.717, 1.165) is 25.9 Å². The molecule has 5 nitrogen and oxygen atoms in total. The predicted octanol–water partition coefficient (Wildman–Crippen LogP) is 2.83. The Hall–Kier alpha value is -1.33. The van der Waals surface area contributed by atoms with Crippen molar-refractivity contribution in [3.63, 3.8) is 0 Å². The van der Waals surface area contributed by atoms with Gasteiger partial charge >= 0.3 is 0 Å². The zero-order valence-electron chi connectivity index (χ0n) is 13.1. The molecule has 1 aliphatic heterocycles. The number of ether oxygens (including phenoxy) is 2. The average molecular weight is 327 g/mol. The molecular formula is C16H23ClN2O3. The van der Waals surface area contributed by atoms with Crippen LogP contribution < -0.4 is 10.1 Å². The molecule has 1 N–H and O–H groups in total. The number of nitrogens with one attached hydrogen (secondary N) is 1. The van der Waals surface area contributed by atoms with Gasteiger partial charge in [-0.15, -0.1) is 0 Å². The molecule has 2 unspecified atom stereocenters. The van der Waals surface area contributed by atoms with Gasteiger partial charge in [0.2, 0.25) is 11.8 Å². The second kappa shape index (κ2) is 7.79. The van der Waals surface area contributed by atoms with E-state index in [1.807, 2.05) is 13.8 Å². The summed E-state index contributed by atoms with van der Waals surface area (Å²) < 4.78 is 11.1. The summed E-state index contributed by atoms with van der Waals surface area (Å²) in [5, 5.41) is 3.55. The topological polar surface area (TPSA) is 60.5 Å². The molecule has 1 saturated heterocycles. The Labute approximate surface area is 136 Å². The molecule has 1 fully saturated rings. The largest absolute Gasteiger partial charge is 0.474 e. The number of nitrogens with zero attached hydrogens (tertiary/aromatic N) is 1. The third-order valence-electron chi connectivity index (χ3n) is 3.99. The third-order valence-corrected chi connectivity index (χ3v) is 4.28. The van der Waals surface area contributed by atoms with Crippen LogP contribution in [0.2, 0.25) is 5.02 Å². The lowest BCUT2D eigenvalue weighted by Gasteiger charge is -2.32. The summed E-state index contributed by atoms with van der Waals surface area (Å²) in [6.45, 7) is 5.54. The fourth-order valence-corrected chi connectivity index (χ4v) is 2.45. The third kappa shape index (κ3) is 4.58. The first-order valence-electron chi connectivity index (χ1n) is 7.67. The predicted molar refractivity (Wildman–Crippen MR) is 85.1 cm³/mol. The SMILES string of the molecule is CCC(C)(COc1ncccc1Cl)NC(=O)C1CCCOC1. The van der Waals surface area contributed by atoms with Gasteiger partial charge in [0, 0.05) is 12.8 Å². The molecular weight excluding hydrogens is 304 g/mol. The van der Waals surface area contributed by atoms with Crippen molar-refractivity contribution in [1.29, 1.82) is 0 Å². The molecule has 122 valence electrons. The highest BCUT2D eigenvalue weighted by Crippen LogP contribution is 2.22. The summed E-state index contributed by atoms with van der Waals surface area (Å²) >= 11 is 6.03. The molecule has 1 aliphatic rings. The number of pyridine rings is 1. The lowest BCUT2D eigenvalue weighted by Crippen LogP contribution is -2.52. The Kier molecular flexibility index (Phi) is 6.03. The fourth-order valence-electron chi connectivity index (χ4n) is 2.28. The van der Waals surface area contributed by atoms with E-state index in [2.05, 4.69) is 10.3 Å². The summed E-state index contributed by atoms with van der Waals surface area (Å²) in [7, 11) is 0. The molecule has 6 heteroatoms. The molecule has 0 spiro atoms. The molecule has 2 atom stereocenters. The molecule has 0 bridgehead atoms. The minimum absolute atomic E-state index is 0.0276. The van der Waals surface area contributed by atoms with Gasteiger partial charge in [0.15, 0.2) is 0 Å². The van der Waals surface area contributed by atoms with Crippen molar-refractivity contribution < 1.29 is 14.3 Å². The van der Waals surface area contributed by atoms with Crippen LogP contribution >= 0.6 is 11.6 Å². The van der Waals surface area contributed by atoms with Crippen LogP contribution in [0.5, 0.6) is 5.88 Å². The van der Waals surface area contributed by atoms with Crippen molar-refractivity contribution in [3.8, 4) is 5.88 Å². The summed E-state index contributed by atoms with van der Waals surface area (Å²) in [5.74, 6) is 0.344. The van der Waals surface area contributed by atoms with Crippen LogP contribution in [0.4, 0.5) is 0 Å². The highest BCUT2D eigenvalue weighted by atomic mass is 35.5. The first kappa shape index (κ1) is 17.0. The highest BCUT2D eigenvalue weighted by Gasteiger charge is 2.30. The Morgan fingerprint density at radius 1 is 1.64 bits per heavy atom. The minimum Gasteiger partial charge on any atom is -0.474 e. The van der Waals surface area contributed by atoms with Crippen LogP contribution in [0.15, 0.2) is 18.3 Å². The van der Waals surface area contributed by atoms with Crippen molar-refractivity contribution in [2.45, 2.75) is 38.6 Å². The van der Waals surface area contributed by atoms with Gasteiger partial charge in [-0.05, 0) is 38.3 Å². The van der Waals surface area contributed by atoms with Crippen LogP contribution in [-0.2, 0) is 9.53 Å². The number of rotatable bonds is 6. The molecule has 2 heterocycles. The van der Waals surface area contributed by atoms with Gasteiger partial charge < -0.3 is 14.8 Å². The average Bonchev–Trinajstić information content (AvgIpc) is 2.55. The molecule has 1 aromatic heterocycles. The van der Waals surface area contributed by atoms with Crippen molar-refractivity contribution in [1.82, 2.24) is 10.3 Å². The van der Waals surface area contributed by atoms with Crippen molar-refractivity contribution in [2.24, 2.45) is 5.92 Å². The number of carbonyl (C=O) groups is 1. The van der Waals surface area contributed by atoms with E-state index in [1.54, 1.807) is 18.3 Å². The Bertz CT molecular complexity index is 506. The second-order valence-corrected chi connectivity index (χ2v) is 6.30. The fraction of sp³-hybridized carbons (Fsp3) is 0.625. The van der Waals surface area contributed by atoms with E-state index in [1.165, 1.54) is 0 Å². The van der Waals surface area contributed by atoms with Crippen molar-refractivity contribution >= 4 is 17.5 Å². The van der Waals surface area contributed by atoms with Gasteiger partial charge in [0.05, 0.1) is 18.1 Å². The first-order valence-corrected chi connectivity index (χ1v) is 8.05. The van der Waals surface area contributed by atoms with Gasteiger partial charge in [0.1, 0.15) is 11.6 Å². The molecule has 22 heavy (non-hydrogen) atoms. The van der Waals surface area contributed by atoms with Gasteiger partial charge in [-0.1, -0.05) is 18.5 Å². The summed E-state index contributed by atoms with van der Waals surface area (Å²) in [6, 6.07) is 3.48. The van der Waals surface area contributed by atoms with E-state index >= 15 is 0 Å². The lowest BCUT2D eigenvalue weighted by atomic mass is 9.96. The zero-order chi connectivity index (χ0) is 16.0. The maximum atomic E-state index is 12.4. The van der Waals surface area contributed by atoms with Gasteiger partial charge in [-0.3, -0.25) is 4.79 Å². The number of aromatic nitrogens is 1. The molecule has 0 radical (unpaired) electrons. The molecule has 2 rings (SSSR count). The van der Waals surface area contributed by atoms with Crippen LogP contribution in [0.1, 0.15) is 33.1 Å². The van der Waals surface area contributed by atoms with Gasteiger partial charge in [-0.25, -0.2) is 4.98 Å². The highest BCUT2D eigenvalue weighted by molar-refractivity contribution is 6.31. The van der Waals surface area contributed by atoms with Gasteiger partial charge in [-0.2, -0.15) is 0 Å². The first-order chi connectivity index (χ1) is 10.5. The maximum Gasteiger partial charge on any atom is 0.232 e. The van der Waals surface area contributed by atoms with E-state index < -0.39 is 5.54 Å². The van der Waals surface area contributed by atoms with Crippen LogP contribution in [0, 0.1) is 5.92 Å². The minimum atomic E-state index is -0.463. The Morgan fingerprint density at radius 2 is 2.45 bits per heavy atom. The van der Waals surface area contributed by atoms with Gasteiger partial charge in [0.25, 0.3) is 0 Å². The van der Waals surface area contributed by atoms with Crippen LogP contribution in [0.25, 0.3) is 0 Å². The monoisotopic (exact) mass is 326 g/mol. The summed E-state index contributed by atoms with van der Waals surface area (Å²) in [4.78, 5) is 16.5. The smallest absolute Gasteiger partial charge is 0.232 e. The van der Waals surface area contributed by atoms with E-state index in [4.69, 9.17) is 21.1 Å². The second-order valence-electron chi connectivity index (χ2n) is 5.90. The number of amides is 1. The molecule has 0 saturated carbocycles. The van der Waals surface area contributed by atoms with E-state index in [0.29, 0.717) is 24.1 Å². The molecule has 1 aromatic rings. The molecule has 1 amide bonds. The quantitative estimate of drug-likeness (QED) is 0.873. The van der Waals surface area contributed by atoms with Crippen molar-refractivity contribution in [3.05, 3.63) is 23.4 Å². The summed E-state index contributed by atoms with van der Waals surface area (Å²) in [6.07, 6.45) is 4.18. The van der Waals surface area contributed by atoms with E-state index in [9.17, 15) is 4.79 Å².